The van der Waals surface area contributed by atoms with Crippen LogP contribution in [0.3, 0.4) is 0 Å². The number of nitrogens with one attached hydrogen (secondary N) is 1. The zero-order chi connectivity index (χ0) is 13.8. The van der Waals surface area contributed by atoms with Crippen LogP contribution in [-0.4, -0.2) is 41.1 Å². The average Bonchev–Trinajstić information content (AvgIpc) is 2.87. The van der Waals surface area contributed by atoms with E-state index in [4.69, 9.17) is 0 Å². The molecular formula is C13H16N4OS. The van der Waals surface area contributed by atoms with Gasteiger partial charge in [-0.05, 0) is 6.92 Å². The summed E-state index contributed by atoms with van der Waals surface area (Å²) in [4.78, 5) is 13.3. The van der Waals surface area contributed by atoms with Crippen LogP contribution in [0.25, 0.3) is 10.6 Å². The van der Waals surface area contributed by atoms with Gasteiger partial charge in [0, 0.05) is 19.7 Å². The predicted octanol–water partition coefficient (Wildman–Crippen LogP) is 2.09. The molecule has 2 rings (SSSR count). The third-order valence-electron chi connectivity index (χ3n) is 2.60. The van der Waals surface area contributed by atoms with Gasteiger partial charge in [-0.1, -0.05) is 41.7 Å². The van der Waals surface area contributed by atoms with E-state index in [2.05, 4.69) is 15.5 Å². The molecule has 0 radical (unpaired) electrons. The van der Waals surface area contributed by atoms with Crippen LogP contribution >= 0.6 is 11.3 Å². The maximum atomic E-state index is 11.7. The summed E-state index contributed by atoms with van der Waals surface area (Å²) in [6.07, 6.45) is 0. The number of rotatable bonds is 4. The van der Waals surface area contributed by atoms with Crippen LogP contribution in [0.5, 0.6) is 0 Å². The van der Waals surface area contributed by atoms with Gasteiger partial charge in [-0.15, -0.1) is 10.2 Å². The van der Waals surface area contributed by atoms with Crippen molar-refractivity contribution >= 4 is 22.4 Å². The van der Waals surface area contributed by atoms with E-state index in [1.165, 1.54) is 11.3 Å². The zero-order valence-electron chi connectivity index (χ0n) is 11.1. The SMILES string of the molecule is C[C@H](Nc1nnc(-c2ccccc2)s1)C(=O)N(C)C. The molecule has 1 atom stereocenters. The summed E-state index contributed by atoms with van der Waals surface area (Å²) in [5, 5.41) is 12.7. The number of hydrogen-bond acceptors (Lipinski definition) is 5. The van der Waals surface area contributed by atoms with E-state index in [0.717, 1.165) is 10.6 Å². The summed E-state index contributed by atoms with van der Waals surface area (Å²) in [6.45, 7) is 1.81. The molecule has 0 fully saturated rings. The summed E-state index contributed by atoms with van der Waals surface area (Å²) in [5.41, 5.74) is 1.03. The molecule has 1 aromatic carbocycles. The first-order valence-corrected chi connectivity index (χ1v) is 6.76. The van der Waals surface area contributed by atoms with Gasteiger partial charge in [0.05, 0.1) is 0 Å². The summed E-state index contributed by atoms with van der Waals surface area (Å²) in [5.74, 6) is 0.0106. The molecule has 0 bridgehead atoms. The molecular weight excluding hydrogens is 260 g/mol. The highest BCUT2D eigenvalue weighted by molar-refractivity contribution is 7.18. The third-order valence-corrected chi connectivity index (χ3v) is 3.50. The van der Waals surface area contributed by atoms with Gasteiger partial charge in [0.25, 0.3) is 0 Å². The summed E-state index contributed by atoms with van der Waals surface area (Å²) < 4.78 is 0. The molecule has 0 aliphatic rings. The summed E-state index contributed by atoms with van der Waals surface area (Å²) >= 11 is 1.44. The van der Waals surface area contributed by atoms with Crippen LogP contribution in [0, 0.1) is 0 Å². The smallest absolute Gasteiger partial charge is 0.244 e. The van der Waals surface area contributed by atoms with Crippen molar-refractivity contribution in [2.75, 3.05) is 19.4 Å². The molecule has 6 heteroatoms. The second-order valence-corrected chi connectivity index (χ2v) is 5.35. The molecule has 19 heavy (non-hydrogen) atoms. The molecule has 1 aromatic heterocycles. The second-order valence-electron chi connectivity index (χ2n) is 4.38. The van der Waals surface area contributed by atoms with Gasteiger partial charge in [-0.25, -0.2) is 0 Å². The maximum Gasteiger partial charge on any atom is 0.244 e. The molecule has 5 nitrogen and oxygen atoms in total. The Bertz CT molecular complexity index is 553. The largest absolute Gasteiger partial charge is 0.349 e. The Balaban J connectivity index is 2.08. The number of carbonyl (C=O) groups is 1. The number of amides is 1. The van der Waals surface area contributed by atoms with Gasteiger partial charge in [0.1, 0.15) is 11.0 Å². The minimum absolute atomic E-state index is 0.0106. The monoisotopic (exact) mass is 276 g/mol. The molecule has 0 aliphatic heterocycles. The van der Waals surface area contributed by atoms with E-state index in [9.17, 15) is 4.79 Å². The lowest BCUT2D eigenvalue weighted by Crippen LogP contribution is -2.36. The van der Waals surface area contributed by atoms with Crippen LogP contribution < -0.4 is 5.32 Å². The highest BCUT2D eigenvalue weighted by Gasteiger charge is 2.16. The van der Waals surface area contributed by atoms with Crippen molar-refractivity contribution in [2.24, 2.45) is 0 Å². The quantitative estimate of drug-likeness (QED) is 0.929. The first-order chi connectivity index (χ1) is 9.08. The molecule has 1 N–H and O–H groups in total. The number of hydrogen-bond donors (Lipinski definition) is 1. The highest BCUT2D eigenvalue weighted by atomic mass is 32.1. The fourth-order valence-corrected chi connectivity index (χ4v) is 2.45. The fraction of sp³-hybridized carbons (Fsp3) is 0.308. The number of benzene rings is 1. The van der Waals surface area contributed by atoms with Crippen molar-refractivity contribution in [3.63, 3.8) is 0 Å². The van der Waals surface area contributed by atoms with Crippen LogP contribution in [-0.2, 0) is 4.79 Å². The Morgan fingerprint density at radius 3 is 2.58 bits per heavy atom. The number of likely N-dealkylation sites (N-methyl/N-ethyl adjacent to an activating group) is 1. The lowest BCUT2D eigenvalue weighted by molar-refractivity contribution is -0.129. The summed E-state index contributed by atoms with van der Waals surface area (Å²) in [7, 11) is 3.46. The van der Waals surface area contributed by atoms with Crippen LogP contribution in [0.2, 0.25) is 0 Å². The van der Waals surface area contributed by atoms with Gasteiger partial charge in [-0.3, -0.25) is 4.79 Å². The zero-order valence-corrected chi connectivity index (χ0v) is 11.9. The van der Waals surface area contributed by atoms with E-state index in [0.29, 0.717) is 5.13 Å². The number of anilines is 1. The number of nitrogens with zero attached hydrogens (tertiary/aromatic N) is 3. The van der Waals surface area contributed by atoms with Crippen LogP contribution in [0.1, 0.15) is 6.92 Å². The van der Waals surface area contributed by atoms with Crippen LogP contribution in [0.4, 0.5) is 5.13 Å². The molecule has 0 saturated carbocycles. The Morgan fingerprint density at radius 2 is 1.95 bits per heavy atom. The first kappa shape index (κ1) is 13.5. The van der Waals surface area contributed by atoms with Crippen molar-refractivity contribution in [3.05, 3.63) is 30.3 Å². The number of carbonyl (C=O) groups excluding carboxylic acids is 1. The lowest BCUT2D eigenvalue weighted by atomic mass is 10.2. The Morgan fingerprint density at radius 1 is 1.26 bits per heavy atom. The van der Waals surface area contributed by atoms with E-state index < -0.39 is 0 Å². The Kier molecular flexibility index (Phi) is 4.11. The second kappa shape index (κ2) is 5.79. The maximum absolute atomic E-state index is 11.7. The van der Waals surface area contributed by atoms with Gasteiger partial charge in [0.2, 0.25) is 11.0 Å². The fourth-order valence-electron chi connectivity index (χ4n) is 1.61. The van der Waals surface area contributed by atoms with E-state index in [1.54, 1.807) is 19.0 Å². The van der Waals surface area contributed by atoms with E-state index >= 15 is 0 Å². The molecule has 2 aromatic rings. The van der Waals surface area contributed by atoms with Crippen molar-refractivity contribution in [1.29, 1.82) is 0 Å². The van der Waals surface area contributed by atoms with Gasteiger partial charge < -0.3 is 10.2 Å². The molecule has 0 spiro atoms. The predicted molar refractivity (Wildman–Crippen MR) is 77.1 cm³/mol. The van der Waals surface area contributed by atoms with Gasteiger partial charge >= 0.3 is 0 Å². The molecule has 1 amide bonds. The number of aromatic nitrogens is 2. The van der Waals surface area contributed by atoms with Crippen molar-refractivity contribution in [3.8, 4) is 10.6 Å². The Hall–Kier alpha value is -1.95. The van der Waals surface area contributed by atoms with Crippen molar-refractivity contribution in [2.45, 2.75) is 13.0 Å². The molecule has 1 heterocycles. The normalized spacial score (nSPS) is 11.9. The lowest BCUT2D eigenvalue weighted by Gasteiger charge is -2.16. The topological polar surface area (TPSA) is 58.1 Å². The molecule has 0 aliphatic carbocycles. The summed E-state index contributed by atoms with van der Waals surface area (Å²) in [6, 6.07) is 9.54. The van der Waals surface area contributed by atoms with Crippen molar-refractivity contribution in [1.82, 2.24) is 15.1 Å². The van der Waals surface area contributed by atoms with E-state index in [1.807, 2.05) is 37.3 Å². The minimum atomic E-state index is -0.313. The average molecular weight is 276 g/mol. The van der Waals surface area contributed by atoms with Gasteiger partial charge in [-0.2, -0.15) is 0 Å². The van der Waals surface area contributed by atoms with Gasteiger partial charge in [0.15, 0.2) is 0 Å². The highest BCUT2D eigenvalue weighted by Crippen LogP contribution is 2.26. The molecule has 100 valence electrons. The minimum Gasteiger partial charge on any atom is -0.349 e. The first-order valence-electron chi connectivity index (χ1n) is 5.94. The Labute approximate surface area is 116 Å². The third kappa shape index (κ3) is 3.29. The standard InChI is InChI=1S/C13H16N4OS/c1-9(12(18)17(2)3)14-13-16-15-11(19-13)10-7-5-4-6-8-10/h4-9H,1-3H3,(H,14,16)/t9-/m0/s1. The molecule has 0 saturated heterocycles. The molecule has 0 unspecified atom stereocenters. The van der Waals surface area contributed by atoms with E-state index in [-0.39, 0.29) is 11.9 Å². The van der Waals surface area contributed by atoms with Crippen LogP contribution in [0.15, 0.2) is 30.3 Å². The van der Waals surface area contributed by atoms with Crippen molar-refractivity contribution < 1.29 is 4.79 Å².